The van der Waals surface area contributed by atoms with Crippen molar-refractivity contribution >= 4 is 5.78 Å². The van der Waals surface area contributed by atoms with Gasteiger partial charge in [0.05, 0.1) is 12.7 Å². The molecule has 0 unspecified atom stereocenters. The van der Waals surface area contributed by atoms with Gasteiger partial charge in [-0.05, 0) is 37.0 Å². The van der Waals surface area contributed by atoms with E-state index in [0.717, 1.165) is 12.0 Å². The maximum atomic E-state index is 11.7. The molecular formula is C17H18O3. The molecule has 0 saturated heterocycles. The normalized spacial score (nSPS) is 10.3. The van der Waals surface area contributed by atoms with E-state index in [1.54, 1.807) is 7.11 Å². The number of benzene rings is 2. The van der Waals surface area contributed by atoms with Crippen molar-refractivity contribution in [2.24, 2.45) is 0 Å². The Bertz CT molecular complexity index is 603. The van der Waals surface area contributed by atoms with Gasteiger partial charge >= 0.3 is 0 Å². The molecule has 104 valence electrons. The Hall–Kier alpha value is -2.29. The average molecular weight is 270 g/mol. The quantitative estimate of drug-likeness (QED) is 0.847. The molecular weight excluding hydrogens is 252 g/mol. The van der Waals surface area contributed by atoms with Gasteiger partial charge in [0.1, 0.15) is 11.5 Å². The van der Waals surface area contributed by atoms with Crippen LogP contribution in [0.1, 0.15) is 28.4 Å². The summed E-state index contributed by atoms with van der Waals surface area (Å²) in [6.07, 6.45) is 1.50. The first-order chi connectivity index (χ1) is 9.61. The fraction of sp³-hybridized carbons (Fsp3) is 0.235. The van der Waals surface area contributed by atoms with E-state index < -0.39 is 0 Å². The van der Waals surface area contributed by atoms with Crippen LogP contribution in [-0.2, 0) is 12.8 Å². The maximum absolute atomic E-state index is 11.7. The number of aromatic hydroxyl groups is 1. The highest BCUT2D eigenvalue weighted by Crippen LogP contribution is 2.29. The van der Waals surface area contributed by atoms with Crippen LogP contribution in [0.15, 0.2) is 42.5 Å². The van der Waals surface area contributed by atoms with Crippen molar-refractivity contribution in [1.29, 1.82) is 0 Å². The van der Waals surface area contributed by atoms with Crippen LogP contribution in [0.2, 0.25) is 0 Å². The van der Waals surface area contributed by atoms with Crippen LogP contribution in [0.4, 0.5) is 0 Å². The molecule has 0 heterocycles. The third-order valence-electron chi connectivity index (χ3n) is 3.29. The molecule has 2 aromatic rings. The van der Waals surface area contributed by atoms with Gasteiger partial charge in [-0.2, -0.15) is 0 Å². The number of phenols is 1. The zero-order valence-electron chi connectivity index (χ0n) is 11.7. The monoisotopic (exact) mass is 270 g/mol. The maximum Gasteiger partial charge on any atom is 0.163 e. The standard InChI is InChI=1S/C17H18O3/c1-12(18)17-14(10-15(20-2)11-16(17)19)9-8-13-6-4-3-5-7-13/h3-7,10-11,19H,8-9H2,1-2H3. The lowest BCUT2D eigenvalue weighted by atomic mass is 9.96. The first-order valence-corrected chi connectivity index (χ1v) is 6.56. The highest BCUT2D eigenvalue weighted by atomic mass is 16.5. The molecule has 0 spiro atoms. The lowest BCUT2D eigenvalue weighted by Gasteiger charge is -2.11. The molecule has 3 nitrogen and oxygen atoms in total. The van der Waals surface area contributed by atoms with E-state index in [1.807, 2.05) is 36.4 Å². The van der Waals surface area contributed by atoms with Crippen LogP contribution in [0, 0.1) is 0 Å². The van der Waals surface area contributed by atoms with Crippen LogP contribution in [0.5, 0.6) is 11.5 Å². The Morgan fingerprint density at radius 3 is 2.45 bits per heavy atom. The largest absolute Gasteiger partial charge is 0.507 e. The molecule has 0 aliphatic carbocycles. The average Bonchev–Trinajstić information content (AvgIpc) is 2.45. The summed E-state index contributed by atoms with van der Waals surface area (Å²) in [5, 5.41) is 9.97. The number of aryl methyl sites for hydroxylation is 2. The van der Waals surface area contributed by atoms with E-state index in [2.05, 4.69) is 0 Å². The van der Waals surface area contributed by atoms with E-state index >= 15 is 0 Å². The van der Waals surface area contributed by atoms with Gasteiger partial charge in [-0.3, -0.25) is 4.79 Å². The Balaban J connectivity index is 2.29. The fourth-order valence-corrected chi connectivity index (χ4v) is 2.30. The summed E-state index contributed by atoms with van der Waals surface area (Å²) in [6.45, 7) is 1.47. The summed E-state index contributed by atoms with van der Waals surface area (Å²) >= 11 is 0. The zero-order valence-corrected chi connectivity index (χ0v) is 11.7. The summed E-state index contributed by atoms with van der Waals surface area (Å²) in [6, 6.07) is 13.3. The Labute approximate surface area is 118 Å². The molecule has 0 fully saturated rings. The zero-order chi connectivity index (χ0) is 14.5. The molecule has 0 aliphatic heterocycles. The van der Waals surface area contributed by atoms with Gasteiger partial charge in [-0.25, -0.2) is 0 Å². The smallest absolute Gasteiger partial charge is 0.163 e. The van der Waals surface area contributed by atoms with Gasteiger partial charge < -0.3 is 9.84 Å². The number of methoxy groups -OCH3 is 1. The van der Waals surface area contributed by atoms with Crippen molar-refractivity contribution in [3.05, 3.63) is 59.2 Å². The third kappa shape index (κ3) is 3.18. The molecule has 0 bridgehead atoms. The van der Waals surface area contributed by atoms with Gasteiger partial charge in [0.2, 0.25) is 0 Å². The molecule has 2 rings (SSSR count). The molecule has 0 aromatic heterocycles. The van der Waals surface area contributed by atoms with Crippen LogP contribution in [0.3, 0.4) is 0 Å². The second-order valence-electron chi connectivity index (χ2n) is 4.72. The second kappa shape index (κ2) is 6.24. The number of ether oxygens (including phenoxy) is 1. The summed E-state index contributed by atoms with van der Waals surface area (Å²) in [4.78, 5) is 11.7. The number of Topliss-reactive ketones (excluding diaryl/α,β-unsaturated/α-hetero) is 1. The van der Waals surface area contributed by atoms with Gasteiger partial charge in [0.25, 0.3) is 0 Å². The number of ketones is 1. The molecule has 1 N–H and O–H groups in total. The molecule has 2 aromatic carbocycles. The summed E-state index contributed by atoms with van der Waals surface area (Å²) in [7, 11) is 1.54. The van der Waals surface area contributed by atoms with Crippen LogP contribution in [0.25, 0.3) is 0 Å². The van der Waals surface area contributed by atoms with Crippen molar-refractivity contribution in [1.82, 2.24) is 0 Å². The molecule has 0 radical (unpaired) electrons. The van der Waals surface area contributed by atoms with E-state index in [0.29, 0.717) is 17.7 Å². The van der Waals surface area contributed by atoms with Crippen molar-refractivity contribution in [3.8, 4) is 11.5 Å². The van der Waals surface area contributed by atoms with Crippen molar-refractivity contribution < 1.29 is 14.6 Å². The number of carbonyl (C=O) groups excluding carboxylic acids is 1. The lowest BCUT2D eigenvalue weighted by Crippen LogP contribution is -2.03. The minimum atomic E-state index is -0.131. The molecule has 0 aliphatic rings. The van der Waals surface area contributed by atoms with Gasteiger partial charge in [-0.1, -0.05) is 30.3 Å². The second-order valence-corrected chi connectivity index (χ2v) is 4.72. The van der Waals surface area contributed by atoms with Crippen molar-refractivity contribution in [2.75, 3.05) is 7.11 Å². The number of carbonyl (C=O) groups is 1. The topological polar surface area (TPSA) is 46.5 Å². The molecule has 0 amide bonds. The molecule has 20 heavy (non-hydrogen) atoms. The Morgan fingerprint density at radius 1 is 1.15 bits per heavy atom. The van der Waals surface area contributed by atoms with Gasteiger partial charge in [0, 0.05) is 6.07 Å². The number of rotatable bonds is 5. The minimum absolute atomic E-state index is 0.0140. The van der Waals surface area contributed by atoms with E-state index in [-0.39, 0.29) is 11.5 Å². The Kier molecular flexibility index (Phi) is 4.41. The molecule has 0 atom stereocenters. The van der Waals surface area contributed by atoms with E-state index in [9.17, 15) is 9.90 Å². The summed E-state index contributed by atoms with van der Waals surface area (Å²) < 4.78 is 5.15. The van der Waals surface area contributed by atoms with Crippen LogP contribution in [-0.4, -0.2) is 18.0 Å². The van der Waals surface area contributed by atoms with Crippen molar-refractivity contribution in [2.45, 2.75) is 19.8 Å². The minimum Gasteiger partial charge on any atom is -0.507 e. The summed E-state index contributed by atoms with van der Waals surface area (Å²) in [5.74, 6) is 0.420. The van der Waals surface area contributed by atoms with E-state index in [1.165, 1.54) is 18.6 Å². The predicted molar refractivity (Wildman–Crippen MR) is 78.5 cm³/mol. The van der Waals surface area contributed by atoms with Gasteiger partial charge in [-0.15, -0.1) is 0 Å². The van der Waals surface area contributed by atoms with Crippen molar-refractivity contribution in [3.63, 3.8) is 0 Å². The lowest BCUT2D eigenvalue weighted by molar-refractivity contribution is 0.101. The predicted octanol–water partition coefficient (Wildman–Crippen LogP) is 3.39. The third-order valence-corrected chi connectivity index (χ3v) is 3.29. The molecule has 3 heteroatoms. The first-order valence-electron chi connectivity index (χ1n) is 6.56. The van der Waals surface area contributed by atoms with Gasteiger partial charge in [0.15, 0.2) is 5.78 Å². The number of phenolic OH excluding ortho intramolecular Hbond substituents is 1. The SMILES string of the molecule is COc1cc(O)c(C(C)=O)c(CCc2ccccc2)c1. The molecule has 0 saturated carbocycles. The van der Waals surface area contributed by atoms with Crippen LogP contribution < -0.4 is 4.74 Å². The number of hydrogen-bond acceptors (Lipinski definition) is 3. The Morgan fingerprint density at radius 2 is 1.85 bits per heavy atom. The fourth-order valence-electron chi connectivity index (χ4n) is 2.30. The first kappa shape index (κ1) is 14.1. The van der Waals surface area contributed by atoms with E-state index in [4.69, 9.17) is 4.74 Å². The number of hydrogen-bond donors (Lipinski definition) is 1. The summed E-state index contributed by atoms with van der Waals surface area (Å²) in [5.41, 5.74) is 2.41. The highest BCUT2D eigenvalue weighted by Gasteiger charge is 2.14. The van der Waals surface area contributed by atoms with Crippen LogP contribution >= 0.6 is 0 Å². The highest BCUT2D eigenvalue weighted by molar-refractivity contribution is 5.98.